The summed E-state index contributed by atoms with van der Waals surface area (Å²) in [5.41, 5.74) is 0.681. The molecule has 0 spiro atoms. The van der Waals surface area contributed by atoms with Gasteiger partial charge in [-0.3, -0.25) is 0 Å². The number of hydrogen-bond acceptors (Lipinski definition) is 3. The SMILES string of the molecule is CNC(C)C1=CS(=O)(=O)c2cccc(F)c21. The largest absolute Gasteiger partial charge is 0.313 e. The van der Waals surface area contributed by atoms with Gasteiger partial charge in [-0.15, -0.1) is 0 Å². The van der Waals surface area contributed by atoms with Gasteiger partial charge in [0.15, 0.2) is 0 Å². The maximum absolute atomic E-state index is 13.6. The summed E-state index contributed by atoms with van der Waals surface area (Å²) in [5, 5.41) is 4.05. The molecule has 1 aliphatic heterocycles. The van der Waals surface area contributed by atoms with Gasteiger partial charge in [-0.05, 0) is 31.7 Å². The second-order valence-corrected chi connectivity index (χ2v) is 5.51. The van der Waals surface area contributed by atoms with Crippen LogP contribution in [0.3, 0.4) is 0 Å². The van der Waals surface area contributed by atoms with Crippen LogP contribution in [0.5, 0.6) is 0 Å². The van der Waals surface area contributed by atoms with Crippen LogP contribution in [0.2, 0.25) is 0 Å². The third kappa shape index (κ3) is 1.56. The van der Waals surface area contributed by atoms with E-state index < -0.39 is 15.7 Å². The molecule has 1 unspecified atom stereocenters. The summed E-state index contributed by atoms with van der Waals surface area (Å²) < 4.78 is 37.2. The lowest BCUT2D eigenvalue weighted by molar-refractivity contribution is 0.598. The second kappa shape index (κ2) is 3.68. The Morgan fingerprint density at radius 2 is 2.06 bits per heavy atom. The average Bonchev–Trinajstić information content (AvgIpc) is 2.52. The Kier molecular flexibility index (Phi) is 2.59. The van der Waals surface area contributed by atoms with Crippen molar-refractivity contribution >= 4 is 15.4 Å². The first kappa shape index (κ1) is 11.3. The van der Waals surface area contributed by atoms with E-state index in [1.807, 2.05) is 0 Å². The molecule has 1 heterocycles. The molecule has 2 rings (SSSR count). The van der Waals surface area contributed by atoms with E-state index in [1.54, 1.807) is 14.0 Å². The molecule has 1 N–H and O–H groups in total. The fourth-order valence-electron chi connectivity index (χ4n) is 1.79. The van der Waals surface area contributed by atoms with Crippen molar-refractivity contribution in [3.63, 3.8) is 0 Å². The molecule has 1 aromatic carbocycles. The van der Waals surface area contributed by atoms with Crippen LogP contribution in [-0.2, 0) is 9.84 Å². The van der Waals surface area contributed by atoms with E-state index >= 15 is 0 Å². The lowest BCUT2D eigenvalue weighted by Crippen LogP contribution is -2.22. The maximum atomic E-state index is 13.6. The zero-order valence-electron chi connectivity index (χ0n) is 8.99. The number of fused-ring (bicyclic) bond motifs is 1. The quantitative estimate of drug-likeness (QED) is 0.854. The minimum Gasteiger partial charge on any atom is -0.313 e. The van der Waals surface area contributed by atoms with Crippen molar-refractivity contribution in [1.29, 1.82) is 0 Å². The molecule has 1 aliphatic rings. The lowest BCUT2D eigenvalue weighted by atomic mass is 10.0. The van der Waals surface area contributed by atoms with E-state index in [-0.39, 0.29) is 16.5 Å². The number of benzene rings is 1. The molecular weight excluding hydrogens is 229 g/mol. The topological polar surface area (TPSA) is 46.2 Å². The fraction of sp³-hybridized carbons (Fsp3) is 0.273. The van der Waals surface area contributed by atoms with E-state index in [1.165, 1.54) is 18.2 Å². The molecule has 16 heavy (non-hydrogen) atoms. The monoisotopic (exact) mass is 241 g/mol. The molecule has 86 valence electrons. The Hall–Kier alpha value is -1.20. The molecule has 0 aromatic heterocycles. The standard InChI is InChI=1S/C11H12FNO2S/c1-7(13-2)8-6-16(14,15)10-5-3-4-9(12)11(8)10/h3-7,13H,1-2H3. The first-order valence-corrected chi connectivity index (χ1v) is 6.45. The van der Waals surface area contributed by atoms with Gasteiger partial charge in [-0.25, -0.2) is 12.8 Å². The summed E-state index contributed by atoms with van der Waals surface area (Å²) in [4.78, 5) is 0.0598. The number of nitrogens with one attached hydrogen (secondary N) is 1. The van der Waals surface area contributed by atoms with Crippen LogP contribution < -0.4 is 5.32 Å². The second-order valence-electron chi connectivity index (χ2n) is 3.74. The van der Waals surface area contributed by atoms with E-state index in [0.717, 1.165) is 5.41 Å². The number of likely N-dealkylation sites (N-methyl/N-ethyl adjacent to an activating group) is 1. The van der Waals surface area contributed by atoms with Crippen molar-refractivity contribution in [1.82, 2.24) is 5.32 Å². The minimum atomic E-state index is -3.47. The van der Waals surface area contributed by atoms with Crippen LogP contribution >= 0.6 is 0 Å². The molecule has 0 amide bonds. The number of sulfone groups is 1. The lowest BCUT2D eigenvalue weighted by Gasteiger charge is -2.12. The molecule has 0 bridgehead atoms. The summed E-state index contributed by atoms with van der Waals surface area (Å²) in [6.07, 6.45) is 0. The number of hydrogen-bond donors (Lipinski definition) is 1. The molecule has 0 fully saturated rings. The molecule has 3 nitrogen and oxygen atoms in total. The van der Waals surface area contributed by atoms with E-state index in [4.69, 9.17) is 0 Å². The Bertz CT molecular complexity index is 563. The average molecular weight is 241 g/mol. The van der Waals surface area contributed by atoms with Crippen LogP contribution in [0.15, 0.2) is 28.5 Å². The van der Waals surface area contributed by atoms with Gasteiger partial charge in [-0.1, -0.05) is 6.07 Å². The highest BCUT2D eigenvalue weighted by atomic mass is 32.2. The van der Waals surface area contributed by atoms with Gasteiger partial charge in [-0.2, -0.15) is 0 Å². The van der Waals surface area contributed by atoms with Crippen molar-refractivity contribution < 1.29 is 12.8 Å². The van der Waals surface area contributed by atoms with Crippen LogP contribution in [0.4, 0.5) is 4.39 Å². The van der Waals surface area contributed by atoms with Crippen molar-refractivity contribution in [2.45, 2.75) is 17.9 Å². The van der Waals surface area contributed by atoms with Crippen molar-refractivity contribution in [3.8, 4) is 0 Å². The summed E-state index contributed by atoms with van der Waals surface area (Å²) in [6, 6.07) is 3.91. The summed E-state index contributed by atoms with van der Waals surface area (Å²) in [7, 11) is -1.77. The van der Waals surface area contributed by atoms with E-state index in [9.17, 15) is 12.8 Å². The van der Waals surface area contributed by atoms with E-state index in [2.05, 4.69) is 5.32 Å². The van der Waals surface area contributed by atoms with Crippen molar-refractivity contribution in [2.75, 3.05) is 7.05 Å². The third-order valence-electron chi connectivity index (χ3n) is 2.75. The molecule has 0 saturated carbocycles. The smallest absolute Gasteiger partial charge is 0.200 e. The van der Waals surface area contributed by atoms with Gasteiger partial charge in [0.25, 0.3) is 0 Å². The molecular formula is C11H12FNO2S. The van der Waals surface area contributed by atoms with Crippen LogP contribution in [-0.4, -0.2) is 21.5 Å². The Morgan fingerprint density at radius 1 is 1.38 bits per heavy atom. The summed E-state index contributed by atoms with van der Waals surface area (Å²) in [6.45, 7) is 1.79. The number of halogens is 1. The van der Waals surface area contributed by atoms with E-state index in [0.29, 0.717) is 5.57 Å². The third-order valence-corrected chi connectivity index (χ3v) is 4.27. The highest BCUT2D eigenvalue weighted by molar-refractivity contribution is 7.95. The van der Waals surface area contributed by atoms with Crippen LogP contribution in [0.1, 0.15) is 12.5 Å². The van der Waals surface area contributed by atoms with Gasteiger partial charge in [0.1, 0.15) is 5.82 Å². The van der Waals surface area contributed by atoms with Crippen molar-refractivity contribution in [3.05, 3.63) is 35.0 Å². The maximum Gasteiger partial charge on any atom is 0.200 e. The summed E-state index contributed by atoms with van der Waals surface area (Å²) >= 11 is 0. The molecule has 1 atom stereocenters. The summed E-state index contributed by atoms with van der Waals surface area (Å²) in [5.74, 6) is -0.494. The first-order valence-electron chi connectivity index (χ1n) is 4.90. The zero-order valence-corrected chi connectivity index (χ0v) is 9.81. The molecule has 1 aromatic rings. The Labute approximate surface area is 93.9 Å². The molecule has 0 aliphatic carbocycles. The van der Waals surface area contributed by atoms with Gasteiger partial charge in [0.2, 0.25) is 9.84 Å². The molecule has 5 heteroatoms. The highest BCUT2D eigenvalue weighted by Crippen LogP contribution is 2.36. The Balaban J connectivity index is 2.72. The Morgan fingerprint density at radius 3 is 2.69 bits per heavy atom. The fourth-order valence-corrected chi connectivity index (χ4v) is 3.34. The van der Waals surface area contributed by atoms with Crippen molar-refractivity contribution in [2.24, 2.45) is 0 Å². The zero-order chi connectivity index (χ0) is 11.9. The van der Waals surface area contributed by atoms with Gasteiger partial charge in [0.05, 0.1) is 4.90 Å². The van der Waals surface area contributed by atoms with Gasteiger partial charge in [0, 0.05) is 17.0 Å². The molecule has 0 saturated heterocycles. The van der Waals surface area contributed by atoms with Gasteiger partial charge < -0.3 is 5.32 Å². The predicted molar refractivity (Wildman–Crippen MR) is 60.1 cm³/mol. The normalized spacial score (nSPS) is 19.1. The van der Waals surface area contributed by atoms with Gasteiger partial charge >= 0.3 is 0 Å². The minimum absolute atomic E-state index is 0.0598. The predicted octanol–water partition coefficient (Wildman–Crippen LogP) is 1.56. The first-order chi connectivity index (χ1) is 7.47. The molecule has 0 radical (unpaired) electrons. The highest BCUT2D eigenvalue weighted by Gasteiger charge is 2.31. The number of rotatable bonds is 2. The van der Waals surface area contributed by atoms with Crippen LogP contribution in [0, 0.1) is 5.82 Å². The van der Waals surface area contributed by atoms with Crippen LogP contribution in [0.25, 0.3) is 5.57 Å².